The lowest BCUT2D eigenvalue weighted by atomic mass is 10.2. The van der Waals surface area contributed by atoms with Gasteiger partial charge in [-0.25, -0.2) is 9.97 Å². The average molecular weight is 344 g/mol. The van der Waals surface area contributed by atoms with Crippen LogP contribution in [-0.2, 0) is 6.54 Å². The van der Waals surface area contributed by atoms with Crippen LogP contribution in [0, 0.1) is 6.92 Å². The summed E-state index contributed by atoms with van der Waals surface area (Å²) in [5, 5.41) is 7.34. The Morgan fingerprint density at radius 1 is 0.962 bits per heavy atom. The normalized spacial score (nSPS) is 10.7. The maximum Gasteiger partial charge on any atom is 0.163 e. The summed E-state index contributed by atoms with van der Waals surface area (Å²) < 4.78 is 5.39. The molecule has 0 saturated carbocycles. The van der Waals surface area contributed by atoms with Gasteiger partial charge in [-0.15, -0.1) is 0 Å². The second kappa shape index (κ2) is 7.10. The number of aromatic nitrogens is 5. The van der Waals surface area contributed by atoms with Gasteiger partial charge in [-0.1, -0.05) is 5.16 Å². The first-order valence-corrected chi connectivity index (χ1v) is 8.14. The third-order valence-corrected chi connectivity index (χ3v) is 3.73. The standard InChI is InChI=1S/C19H16N6O/c1-13-8-18(24-19(23-13)15-5-3-7-21-11-15)22-12-16-9-17(25-26-16)14-4-2-6-20-10-14/h2-11H,12H2,1H3,(H,22,23,24). The van der Waals surface area contributed by atoms with Crippen molar-refractivity contribution in [3.05, 3.63) is 72.6 Å². The molecule has 0 amide bonds. The smallest absolute Gasteiger partial charge is 0.163 e. The molecule has 0 aromatic carbocycles. The van der Waals surface area contributed by atoms with Crippen molar-refractivity contribution in [3.8, 4) is 22.6 Å². The lowest BCUT2D eigenvalue weighted by molar-refractivity contribution is 0.390. The Morgan fingerprint density at radius 3 is 2.46 bits per heavy atom. The lowest BCUT2D eigenvalue weighted by Crippen LogP contribution is -2.03. The van der Waals surface area contributed by atoms with Crippen LogP contribution in [0.15, 0.2) is 65.7 Å². The molecule has 128 valence electrons. The molecule has 0 bridgehead atoms. The predicted molar refractivity (Wildman–Crippen MR) is 97.1 cm³/mol. The maximum absolute atomic E-state index is 5.39. The van der Waals surface area contributed by atoms with Crippen LogP contribution in [0.5, 0.6) is 0 Å². The number of hydrogen-bond acceptors (Lipinski definition) is 7. The van der Waals surface area contributed by atoms with Crippen molar-refractivity contribution < 1.29 is 4.52 Å². The molecule has 26 heavy (non-hydrogen) atoms. The second-order valence-electron chi connectivity index (χ2n) is 5.73. The molecule has 4 aromatic rings. The van der Waals surface area contributed by atoms with Crippen LogP contribution in [0.3, 0.4) is 0 Å². The molecule has 0 fully saturated rings. The van der Waals surface area contributed by atoms with Crippen molar-refractivity contribution in [2.45, 2.75) is 13.5 Å². The van der Waals surface area contributed by atoms with E-state index in [4.69, 9.17) is 4.52 Å². The Hall–Kier alpha value is -3.61. The fraction of sp³-hybridized carbons (Fsp3) is 0.105. The first kappa shape index (κ1) is 15.9. The molecule has 0 aliphatic rings. The Morgan fingerprint density at radius 2 is 1.73 bits per heavy atom. The fourth-order valence-electron chi connectivity index (χ4n) is 2.51. The van der Waals surface area contributed by atoms with Gasteiger partial charge in [0, 0.05) is 53.7 Å². The molecule has 4 rings (SSSR count). The highest BCUT2D eigenvalue weighted by atomic mass is 16.5. The van der Waals surface area contributed by atoms with Crippen molar-refractivity contribution in [1.29, 1.82) is 0 Å². The molecule has 0 radical (unpaired) electrons. The number of aryl methyl sites for hydroxylation is 1. The van der Waals surface area contributed by atoms with E-state index >= 15 is 0 Å². The Kier molecular flexibility index (Phi) is 4.34. The van der Waals surface area contributed by atoms with Gasteiger partial charge >= 0.3 is 0 Å². The zero-order valence-electron chi connectivity index (χ0n) is 14.1. The molecule has 0 spiro atoms. The minimum absolute atomic E-state index is 0.468. The molecule has 0 saturated heterocycles. The second-order valence-corrected chi connectivity index (χ2v) is 5.73. The Balaban J connectivity index is 1.50. The SMILES string of the molecule is Cc1cc(NCc2cc(-c3cccnc3)no2)nc(-c2cccnc2)n1. The lowest BCUT2D eigenvalue weighted by Gasteiger charge is -2.07. The van der Waals surface area contributed by atoms with Crippen molar-refractivity contribution in [1.82, 2.24) is 25.1 Å². The number of anilines is 1. The zero-order chi connectivity index (χ0) is 17.8. The fourth-order valence-corrected chi connectivity index (χ4v) is 2.51. The monoisotopic (exact) mass is 344 g/mol. The predicted octanol–water partition coefficient (Wildman–Crippen LogP) is 3.51. The molecule has 7 nitrogen and oxygen atoms in total. The van der Waals surface area contributed by atoms with E-state index < -0.39 is 0 Å². The van der Waals surface area contributed by atoms with E-state index in [2.05, 4.69) is 30.4 Å². The summed E-state index contributed by atoms with van der Waals surface area (Å²) >= 11 is 0. The molecule has 0 unspecified atom stereocenters. The van der Waals surface area contributed by atoms with Crippen LogP contribution in [0.25, 0.3) is 22.6 Å². The molecule has 0 atom stereocenters. The van der Waals surface area contributed by atoms with E-state index in [1.165, 1.54) is 0 Å². The highest BCUT2D eigenvalue weighted by Crippen LogP contribution is 2.20. The van der Waals surface area contributed by atoms with Gasteiger partial charge in [-0.3, -0.25) is 9.97 Å². The summed E-state index contributed by atoms with van der Waals surface area (Å²) in [5.74, 6) is 2.06. The quantitative estimate of drug-likeness (QED) is 0.592. The molecule has 7 heteroatoms. The van der Waals surface area contributed by atoms with Crippen molar-refractivity contribution in [2.24, 2.45) is 0 Å². The number of rotatable bonds is 5. The summed E-state index contributed by atoms with van der Waals surface area (Å²) in [4.78, 5) is 17.2. The molecule has 4 heterocycles. The number of nitrogens with one attached hydrogen (secondary N) is 1. The highest BCUT2D eigenvalue weighted by Gasteiger charge is 2.08. The maximum atomic E-state index is 5.39. The third-order valence-electron chi connectivity index (χ3n) is 3.73. The van der Waals surface area contributed by atoms with Crippen LogP contribution < -0.4 is 5.32 Å². The van der Waals surface area contributed by atoms with Gasteiger partial charge in [-0.05, 0) is 31.2 Å². The largest absolute Gasteiger partial charge is 0.363 e. The molecule has 4 aromatic heterocycles. The summed E-state index contributed by atoms with van der Waals surface area (Å²) in [6.07, 6.45) is 6.95. The first-order valence-electron chi connectivity index (χ1n) is 8.14. The molecule has 0 aliphatic carbocycles. The number of pyridine rings is 2. The average Bonchev–Trinajstić information content (AvgIpc) is 3.16. The van der Waals surface area contributed by atoms with Crippen LogP contribution >= 0.6 is 0 Å². The minimum atomic E-state index is 0.468. The Labute approximate surface area is 150 Å². The van der Waals surface area contributed by atoms with Gasteiger partial charge in [-0.2, -0.15) is 0 Å². The first-order chi connectivity index (χ1) is 12.8. The van der Waals surface area contributed by atoms with Gasteiger partial charge in [0.1, 0.15) is 11.5 Å². The number of hydrogen-bond donors (Lipinski definition) is 1. The van der Waals surface area contributed by atoms with Crippen molar-refractivity contribution in [3.63, 3.8) is 0 Å². The topological polar surface area (TPSA) is 89.6 Å². The third kappa shape index (κ3) is 3.56. The van der Waals surface area contributed by atoms with Gasteiger partial charge in [0.25, 0.3) is 0 Å². The molecule has 0 aliphatic heterocycles. The molecule has 1 N–H and O–H groups in total. The van der Waals surface area contributed by atoms with Gasteiger partial charge in [0.2, 0.25) is 0 Å². The molecular formula is C19H16N6O. The van der Waals surface area contributed by atoms with Crippen LogP contribution in [0.2, 0.25) is 0 Å². The summed E-state index contributed by atoms with van der Waals surface area (Å²) in [6.45, 7) is 2.40. The minimum Gasteiger partial charge on any atom is -0.363 e. The number of nitrogens with zero attached hydrogens (tertiary/aromatic N) is 5. The summed E-state index contributed by atoms with van der Waals surface area (Å²) in [7, 11) is 0. The van der Waals surface area contributed by atoms with E-state index in [0.717, 1.165) is 28.3 Å². The van der Waals surface area contributed by atoms with E-state index in [9.17, 15) is 0 Å². The van der Waals surface area contributed by atoms with E-state index in [-0.39, 0.29) is 0 Å². The van der Waals surface area contributed by atoms with Gasteiger partial charge in [0.05, 0.1) is 6.54 Å². The Bertz CT molecular complexity index is 1000. The van der Waals surface area contributed by atoms with E-state index in [0.29, 0.717) is 18.1 Å². The van der Waals surface area contributed by atoms with Gasteiger partial charge < -0.3 is 9.84 Å². The molecular weight excluding hydrogens is 328 g/mol. The van der Waals surface area contributed by atoms with Crippen molar-refractivity contribution >= 4 is 5.82 Å². The van der Waals surface area contributed by atoms with E-state index in [1.807, 2.05) is 43.3 Å². The zero-order valence-corrected chi connectivity index (χ0v) is 14.1. The highest BCUT2D eigenvalue weighted by molar-refractivity contribution is 5.58. The van der Waals surface area contributed by atoms with Crippen molar-refractivity contribution in [2.75, 3.05) is 5.32 Å². The summed E-state index contributed by atoms with van der Waals surface area (Å²) in [5.41, 5.74) is 3.41. The van der Waals surface area contributed by atoms with E-state index in [1.54, 1.807) is 24.8 Å². The summed E-state index contributed by atoms with van der Waals surface area (Å²) in [6, 6.07) is 11.4. The van der Waals surface area contributed by atoms with Gasteiger partial charge in [0.15, 0.2) is 11.6 Å². The van der Waals surface area contributed by atoms with Crippen LogP contribution in [-0.4, -0.2) is 25.1 Å². The van der Waals surface area contributed by atoms with Crippen LogP contribution in [0.4, 0.5) is 5.82 Å². The van der Waals surface area contributed by atoms with Crippen LogP contribution in [0.1, 0.15) is 11.5 Å².